The van der Waals surface area contributed by atoms with Crippen molar-refractivity contribution in [3.63, 3.8) is 0 Å². The first-order valence-corrected chi connectivity index (χ1v) is 5.27. The van der Waals surface area contributed by atoms with Gasteiger partial charge in [-0.15, -0.1) is 0 Å². The minimum Gasteiger partial charge on any atom is -0.461 e. The predicted octanol–water partition coefficient (Wildman–Crippen LogP) is 1.76. The van der Waals surface area contributed by atoms with Crippen molar-refractivity contribution in [1.29, 1.82) is 0 Å². The molecule has 0 radical (unpaired) electrons. The van der Waals surface area contributed by atoms with Gasteiger partial charge < -0.3 is 4.74 Å². The fourth-order valence-corrected chi connectivity index (χ4v) is 3.23. The first-order valence-electron chi connectivity index (χ1n) is 4.03. The van der Waals surface area contributed by atoms with E-state index in [4.69, 9.17) is 4.74 Å². The van der Waals surface area contributed by atoms with Gasteiger partial charge in [-0.3, -0.25) is 4.79 Å². The lowest BCUT2D eigenvalue weighted by Gasteiger charge is -2.25. The van der Waals surface area contributed by atoms with Crippen molar-refractivity contribution in [3.8, 4) is 0 Å². The highest BCUT2D eigenvalue weighted by Crippen LogP contribution is 2.41. The van der Waals surface area contributed by atoms with Crippen molar-refractivity contribution in [3.05, 3.63) is 0 Å². The molecule has 0 amide bonds. The lowest BCUT2D eigenvalue weighted by Crippen LogP contribution is -2.28. The van der Waals surface area contributed by atoms with Gasteiger partial charge in [0.1, 0.15) is 6.10 Å². The average molecular weight is 266 g/mol. The summed E-state index contributed by atoms with van der Waals surface area (Å²) in [5.74, 6) is 0.788. The Hall–Kier alpha value is 0.200. The largest absolute Gasteiger partial charge is 0.461 e. The van der Waals surface area contributed by atoms with E-state index in [0.717, 1.165) is 12.8 Å². The Morgan fingerprint density at radius 1 is 1.55 bits per heavy atom. The van der Waals surface area contributed by atoms with Crippen molar-refractivity contribution < 1.29 is 9.53 Å². The van der Waals surface area contributed by atoms with E-state index in [2.05, 4.69) is 29.5 Å². The van der Waals surface area contributed by atoms with Crippen LogP contribution in [0.4, 0.5) is 0 Å². The standard InChI is InChI=1S/C8H11IO2/c1-4-2-6(9)7-3-5(4)8(10)11-7/h4-7H,2-3H2,1H3/t4-,5+,6-,7-/m1/s1. The summed E-state index contributed by atoms with van der Waals surface area (Å²) in [6.45, 7) is 2.15. The second kappa shape index (κ2) is 2.61. The second-order valence-corrected chi connectivity index (χ2v) is 5.15. The molecule has 0 aromatic rings. The molecule has 11 heavy (non-hydrogen) atoms. The highest BCUT2D eigenvalue weighted by molar-refractivity contribution is 14.1. The third-order valence-corrected chi connectivity index (χ3v) is 4.05. The Labute approximate surface area is 79.8 Å². The number of ether oxygens (including phenoxy) is 1. The minimum absolute atomic E-state index is 0.0432. The smallest absolute Gasteiger partial charge is 0.309 e. The van der Waals surface area contributed by atoms with Crippen LogP contribution in [0.1, 0.15) is 19.8 Å². The lowest BCUT2D eigenvalue weighted by atomic mass is 9.81. The Morgan fingerprint density at radius 2 is 2.27 bits per heavy atom. The Bertz CT molecular complexity index is 193. The fourth-order valence-electron chi connectivity index (χ4n) is 1.99. The number of hydrogen-bond donors (Lipinski definition) is 0. The molecule has 2 bridgehead atoms. The van der Waals surface area contributed by atoms with E-state index in [1.54, 1.807) is 0 Å². The summed E-state index contributed by atoms with van der Waals surface area (Å²) in [5.41, 5.74) is 0. The number of fused-ring (bicyclic) bond motifs is 2. The Balaban J connectivity index is 2.20. The van der Waals surface area contributed by atoms with Crippen LogP contribution in [-0.4, -0.2) is 16.0 Å². The van der Waals surface area contributed by atoms with E-state index < -0.39 is 0 Å². The van der Waals surface area contributed by atoms with E-state index in [-0.39, 0.29) is 18.0 Å². The number of carbonyl (C=O) groups excluding carboxylic acids is 1. The molecule has 2 fully saturated rings. The summed E-state index contributed by atoms with van der Waals surface area (Å²) in [6.07, 6.45) is 2.33. The highest BCUT2D eigenvalue weighted by Gasteiger charge is 2.45. The molecular weight excluding hydrogens is 255 g/mol. The predicted molar refractivity (Wildman–Crippen MR) is 49.6 cm³/mol. The molecule has 62 valence electrons. The molecule has 0 aromatic carbocycles. The summed E-state index contributed by atoms with van der Waals surface area (Å²) in [4.78, 5) is 11.2. The average Bonchev–Trinajstić information content (AvgIpc) is 2.26. The van der Waals surface area contributed by atoms with E-state index in [0.29, 0.717) is 9.84 Å². The summed E-state index contributed by atoms with van der Waals surface area (Å²) >= 11 is 2.39. The van der Waals surface area contributed by atoms with Gasteiger partial charge >= 0.3 is 5.97 Å². The van der Waals surface area contributed by atoms with Crippen molar-refractivity contribution in [2.75, 3.05) is 0 Å². The van der Waals surface area contributed by atoms with Crippen LogP contribution in [0.5, 0.6) is 0 Å². The van der Waals surface area contributed by atoms with Gasteiger partial charge in [-0.2, -0.15) is 0 Å². The number of rotatable bonds is 0. The molecule has 1 aliphatic heterocycles. The van der Waals surface area contributed by atoms with Crippen molar-refractivity contribution in [2.24, 2.45) is 11.8 Å². The molecule has 1 saturated heterocycles. The monoisotopic (exact) mass is 266 g/mol. The van der Waals surface area contributed by atoms with Crippen LogP contribution in [0.3, 0.4) is 0 Å². The Morgan fingerprint density at radius 3 is 3.00 bits per heavy atom. The maximum Gasteiger partial charge on any atom is 0.309 e. The number of halogens is 1. The van der Waals surface area contributed by atoms with Crippen LogP contribution < -0.4 is 0 Å². The molecule has 0 N–H and O–H groups in total. The lowest BCUT2D eigenvalue weighted by molar-refractivity contribution is -0.143. The van der Waals surface area contributed by atoms with Gasteiger partial charge in [0.15, 0.2) is 0 Å². The molecule has 2 rings (SSSR count). The van der Waals surface area contributed by atoms with Crippen LogP contribution in [-0.2, 0) is 9.53 Å². The molecule has 0 spiro atoms. The summed E-state index contributed by atoms with van der Waals surface area (Å²) in [6, 6.07) is 0. The van der Waals surface area contributed by atoms with Gasteiger partial charge in [-0.05, 0) is 18.8 Å². The second-order valence-electron chi connectivity index (χ2n) is 3.55. The van der Waals surface area contributed by atoms with Gasteiger partial charge in [0.25, 0.3) is 0 Å². The third kappa shape index (κ3) is 1.17. The molecule has 1 saturated carbocycles. The van der Waals surface area contributed by atoms with E-state index in [1.165, 1.54) is 0 Å². The van der Waals surface area contributed by atoms with Crippen LogP contribution in [0.25, 0.3) is 0 Å². The van der Waals surface area contributed by atoms with Crippen LogP contribution >= 0.6 is 22.6 Å². The maximum atomic E-state index is 11.2. The molecule has 2 nitrogen and oxygen atoms in total. The van der Waals surface area contributed by atoms with Crippen LogP contribution in [0.2, 0.25) is 0 Å². The summed E-state index contributed by atoms with van der Waals surface area (Å²) in [7, 11) is 0. The molecular formula is C8H11IO2. The third-order valence-electron chi connectivity index (χ3n) is 2.74. The minimum atomic E-state index is 0.0432. The van der Waals surface area contributed by atoms with Crippen molar-refractivity contribution >= 4 is 28.6 Å². The van der Waals surface area contributed by atoms with E-state index in [9.17, 15) is 4.79 Å². The van der Waals surface area contributed by atoms with Crippen LogP contribution in [0.15, 0.2) is 0 Å². The molecule has 1 heterocycles. The number of alkyl halides is 1. The molecule has 0 aromatic heterocycles. The van der Waals surface area contributed by atoms with Gasteiger partial charge in [-0.1, -0.05) is 29.5 Å². The van der Waals surface area contributed by atoms with Gasteiger partial charge in [0, 0.05) is 3.92 Å². The van der Waals surface area contributed by atoms with Crippen molar-refractivity contribution in [2.45, 2.75) is 29.8 Å². The molecule has 3 heteroatoms. The maximum absolute atomic E-state index is 11.2. The molecule has 2 aliphatic rings. The Kier molecular flexibility index (Phi) is 1.85. The first-order chi connectivity index (χ1) is 5.18. The zero-order valence-corrected chi connectivity index (χ0v) is 8.58. The summed E-state index contributed by atoms with van der Waals surface area (Å²) in [5, 5.41) is 0. The SMILES string of the molecule is C[C@@H]1C[C@@H](I)[C@H]2C[C@@H]1C(=O)O2. The first kappa shape index (κ1) is 7.83. The number of esters is 1. The van der Waals surface area contributed by atoms with Crippen LogP contribution in [0, 0.1) is 11.8 Å². The van der Waals surface area contributed by atoms with Crippen molar-refractivity contribution in [1.82, 2.24) is 0 Å². The van der Waals surface area contributed by atoms with Gasteiger partial charge in [0.05, 0.1) is 5.92 Å². The highest BCUT2D eigenvalue weighted by atomic mass is 127. The van der Waals surface area contributed by atoms with Gasteiger partial charge in [-0.25, -0.2) is 0 Å². The topological polar surface area (TPSA) is 26.3 Å². The zero-order valence-electron chi connectivity index (χ0n) is 6.42. The normalized spacial score (nSPS) is 49.1. The zero-order chi connectivity index (χ0) is 8.01. The quantitative estimate of drug-likeness (QED) is 0.379. The molecule has 0 unspecified atom stereocenters. The summed E-state index contributed by atoms with van der Waals surface area (Å²) < 4.78 is 5.77. The number of carbonyl (C=O) groups is 1. The molecule has 4 atom stereocenters. The van der Waals surface area contributed by atoms with Gasteiger partial charge in [0.2, 0.25) is 0 Å². The number of hydrogen-bond acceptors (Lipinski definition) is 2. The fraction of sp³-hybridized carbons (Fsp3) is 0.875. The molecule has 1 aliphatic carbocycles. The van der Waals surface area contributed by atoms with E-state index in [1.807, 2.05) is 0 Å². The van der Waals surface area contributed by atoms with E-state index >= 15 is 0 Å².